The van der Waals surface area contributed by atoms with Crippen molar-refractivity contribution in [2.75, 3.05) is 0 Å². The molecule has 1 unspecified atom stereocenters. The zero-order valence-corrected chi connectivity index (χ0v) is 9.68. The van der Waals surface area contributed by atoms with E-state index in [1.807, 2.05) is 6.07 Å². The summed E-state index contributed by atoms with van der Waals surface area (Å²) in [6.07, 6.45) is 1.39. The van der Waals surface area contributed by atoms with E-state index < -0.39 is 11.7 Å². The number of carbonyl (C=O) groups is 1. The van der Waals surface area contributed by atoms with Crippen LogP contribution in [0.4, 0.5) is 4.39 Å². The number of rotatable bonds is 3. The Balaban J connectivity index is 2.39. The largest absolute Gasteiger partial charge is 0.469 e. The van der Waals surface area contributed by atoms with Crippen LogP contribution in [0.25, 0.3) is 0 Å². The molecule has 1 heterocycles. The Kier molecular flexibility index (Phi) is 3.24. The van der Waals surface area contributed by atoms with Gasteiger partial charge in [0.05, 0.1) is 17.9 Å². The maximum Gasteiger partial charge on any atom is 0.187 e. The van der Waals surface area contributed by atoms with Gasteiger partial charge < -0.3 is 4.42 Å². The summed E-state index contributed by atoms with van der Waals surface area (Å²) in [5.41, 5.74) is 0.703. The highest BCUT2D eigenvalue weighted by molar-refractivity contribution is 6.03. The fourth-order valence-corrected chi connectivity index (χ4v) is 1.77. The number of halogens is 1. The molecular formula is C14H10FNO2. The Bertz CT molecular complexity index is 625. The first-order valence-electron chi connectivity index (χ1n) is 5.37. The van der Waals surface area contributed by atoms with Crippen LogP contribution in [0.2, 0.25) is 0 Å². The third kappa shape index (κ3) is 2.16. The molecule has 0 spiro atoms. The Morgan fingerprint density at radius 1 is 1.44 bits per heavy atom. The maximum atomic E-state index is 13.1. The van der Waals surface area contributed by atoms with E-state index in [9.17, 15) is 9.18 Å². The van der Waals surface area contributed by atoms with Crippen LogP contribution in [-0.2, 0) is 0 Å². The molecule has 0 amide bonds. The van der Waals surface area contributed by atoms with Crippen LogP contribution >= 0.6 is 0 Å². The molecule has 2 rings (SSSR count). The lowest BCUT2D eigenvalue weighted by Crippen LogP contribution is -2.11. The van der Waals surface area contributed by atoms with Crippen LogP contribution in [-0.4, -0.2) is 5.78 Å². The minimum absolute atomic E-state index is 0.350. The van der Waals surface area contributed by atoms with E-state index in [1.165, 1.54) is 30.5 Å². The van der Waals surface area contributed by atoms with Crippen molar-refractivity contribution in [3.63, 3.8) is 0 Å². The fourth-order valence-electron chi connectivity index (χ4n) is 1.77. The molecule has 0 saturated carbocycles. The predicted molar refractivity (Wildman–Crippen MR) is 62.5 cm³/mol. The van der Waals surface area contributed by atoms with Gasteiger partial charge in [0.15, 0.2) is 5.78 Å². The van der Waals surface area contributed by atoms with Crippen molar-refractivity contribution in [2.24, 2.45) is 0 Å². The van der Waals surface area contributed by atoms with Gasteiger partial charge in [-0.15, -0.1) is 0 Å². The van der Waals surface area contributed by atoms with Crippen LogP contribution in [0.5, 0.6) is 0 Å². The van der Waals surface area contributed by atoms with E-state index in [2.05, 4.69) is 0 Å². The van der Waals surface area contributed by atoms with Gasteiger partial charge >= 0.3 is 0 Å². The Hall–Kier alpha value is -2.41. The van der Waals surface area contributed by atoms with Crippen molar-refractivity contribution in [1.29, 1.82) is 5.26 Å². The molecule has 0 radical (unpaired) electrons. The van der Waals surface area contributed by atoms with Gasteiger partial charge in [-0.2, -0.15) is 5.26 Å². The summed E-state index contributed by atoms with van der Waals surface area (Å²) in [4.78, 5) is 12.2. The Labute approximate surface area is 103 Å². The molecule has 0 fully saturated rings. The average molecular weight is 243 g/mol. The second-order valence-electron chi connectivity index (χ2n) is 3.87. The minimum Gasteiger partial charge on any atom is -0.469 e. The monoisotopic (exact) mass is 243 g/mol. The van der Waals surface area contributed by atoms with Crippen molar-refractivity contribution in [3.8, 4) is 6.07 Å². The lowest BCUT2D eigenvalue weighted by Gasteiger charge is -2.07. The van der Waals surface area contributed by atoms with E-state index in [4.69, 9.17) is 9.68 Å². The number of aryl methyl sites for hydroxylation is 1. The van der Waals surface area contributed by atoms with Gasteiger partial charge in [0.1, 0.15) is 17.5 Å². The number of furan rings is 1. The summed E-state index contributed by atoms with van der Waals surface area (Å²) < 4.78 is 18.1. The van der Waals surface area contributed by atoms with Crippen LogP contribution < -0.4 is 0 Å². The van der Waals surface area contributed by atoms with Crippen molar-refractivity contribution in [2.45, 2.75) is 12.8 Å². The highest BCUT2D eigenvalue weighted by atomic mass is 19.1. The minimum atomic E-state index is -1.02. The number of nitriles is 1. The SMILES string of the molecule is Cc1occc1C(=O)C(C#N)c1cccc(F)c1. The number of Topliss-reactive ketones (excluding diaryl/α,β-unsaturated/α-hetero) is 1. The summed E-state index contributed by atoms with van der Waals surface area (Å²) in [6, 6.07) is 8.92. The molecule has 90 valence electrons. The topological polar surface area (TPSA) is 54.0 Å². The number of hydrogen-bond acceptors (Lipinski definition) is 3. The second-order valence-corrected chi connectivity index (χ2v) is 3.87. The van der Waals surface area contributed by atoms with Crippen molar-refractivity contribution < 1.29 is 13.6 Å². The zero-order chi connectivity index (χ0) is 13.1. The van der Waals surface area contributed by atoms with Gasteiger partial charge in [0.25, 0.3) is 0 Å². The molecule has 18 heavy (non-hydrogen) atoms. The normalized spacial score (nSPS) is 11.8. The lowest BCUT2D eigenvalue weighted by molar-refractivity contribution is 0.0977. The van der Waals surface area contributed by atoms with Crippen LogP contribution in [0.3, 0.4) is 0 Å². The number of carbonyl (C=O) groups excluding carboxylic acids is 1. The molecule has 3 nitrogen and oxygen atoms in total. The number of benzene rings is 1. The molecule has 0 N–H and O–H groups in total. The molecule has 2 aromatic rings. The molecular weight excluding hydrogens is 233 g/mol. The number of nitrogens with zero attached hydrogens (tertiary/aromatic N) is 1. The van der Waals surface area contributed by atoms with Gasteiger partial charge in [0.2, 0.25) is 0 Å². The molecule has 1 aromatic carbocycles. The van der Waals surface area contributed by atoms with E-state index in [0.717, 1.165) is 0 Å². The molecule has 0 aliphatic carbocycles. The van der Waals surface area contributed by atoms with E-state index in [-0.39, 0.29) is 5.78 Å². The smallest absolute Gasteiger partial charge is 0.187 e. The summed E-state index contributed by atoms with van der Waals surface area (Å²) in [6.45, 7) is 1.65. The number of ketones is 1. The van der Waals surface area contributed by atoms with Gasteiger partial charge in [-0.1, -0.05) is 12.1 Å². The molecule has 1 aromatic heterocycles. The standard InChI is InChI=1S/C14H10FNO2/c1-9-12(5-6-18-9)14(17)13(8-16)10-3-2-4-11(15)7-10/h2-7,13H,1H3. The summed E-state index contributed by atoms with van der Waals surface area (Å²) in [7, 11) is 0. The quantitative estimate of drug-likeness (QED) is 0.778. The van der Waals surface area contributed by atoms with Crippen LogP contribution in [0.15, 0.2) is 41.0 Å². The fraction of sp³-hybridized carbons (Fsp3) is 0.143. The number of hydrogen-bond donors (Lipinski definition) is 0. The van der Waals surface area contributed by atoms with Crippen molar-refractivity contribution in [1.82, 2.24) is 0 Å². The van der Waals surface area contributed by atoms with Crippen LogP contribution in [0, 0.1) is 24.1 Å². The first-order valence-corrected chi connectivity index (χ1v) is 5.37. The predicted octanol–water partition coefficient (Wildman–Crippen LogP) is 3.22. The summed E-state index contributed by atoms with van der Waals surface area (Å²) in [5.74, 6) is -1.41. The molecule has 0 bridgehead atoms. The van der Waals surface area contributed by atoms with E-state index in [1.54, 1.807) is 13.0 Å². The zero-order valence-electron chi connectivity index (χ0n) is 9.68. The molecule has 4 heteroatoms. The Morgan fingerprint density at radius 3 is 2.78 bits per heavy atom. The Morgan fingerprint density at radius 2 is 2.22 bits per heavy atom. The molecule has 0 saturated heterocycles. The van der Waals surface area contributed by atoms with Crippen molar-refractivity contribution in [3.05, 3.63) is 59.3 Å². The summed E-state index contributed by atoms with van der Waals surface area (Å²) in [5, 5.41) is 9.11. The average Bonchev–Trinajstić information content (AvgIpc) is 2.76. The second kappa shape index (κ2) is 4.84. The highest BCUT2D eigenvalue weighted by Crippen LogP contribution is 2.23. The van der Waals surface area contributed by atoms with Gasteiger partial charge in [0, 0.05) is 0 Å². The third-order valence-corrected chi connectivity index (χ3v) is 2.70. The van der Waals surface area contributed by atoms with Crippen LogP contribution in [0.1, 0.15) is 27.6 Å². The third-order valence-electron chi connectivity index (χ3n) is 2.70. The van der Waals surface area contributed by atoms with Gasteiger partial charge in [-0.3, -0.25) is 4.79 Å². The first kappa shape index (κ1) is 12.1. The van der Waals surface area contributed by atoms with Gasteiger partial charge in [-0.25, -0.2) is 4.39 Å². The van der Waals surface area contributed by atoms with Crippen molar-refractivity contribution >= 4 is 5.78 Å². The maximum absolute atomic E-state index is 13.1. The highest BCUT2D eigenvalue weighted by Gasteiger charge is 2.24. The lowest BCUT2D eigenvalue weighted by atomic mass is 9.92. The molecule has 1 atom stereocenters. The first-order chi connectivity index (χ1) is 8.63. The van der Waals surface area contributed by atoms with E-state index >= 15 is 0 Å². The summed E-state index contributed by atoms with van der Waals surface area (Å²) >= 11 is 0. The molecule has 0 aliphatic rings. The van der Waals surface area contributed by atoms with Gasteiger partial charge in [-0.05, 0) is 30.7 Å². The molecule has 0 aliphatic heterocycles. The van der Waals surface area contributed by atoms with E-state index in [0.29, 0.717) is 16.9 Å².